The summed E-state index contributed by atoms with van der Waals surface area (Å²) in [7, 11) is 0. The molecule has 0 radical (unpaired) electrons. The standard InChI is InChI=1S/C17H19N7OS/c1-11-15(26-12(2)19-11)17(25)23-9-3-4-14(23)10-24-21-16(20-22-24)13-5-7-18-8-6-13/h5-8,14H,3-4,9-10H2,1-2H3/t14-/m1/s1. The van der Waals surface area contributed by atoms with Crippen molar-refractivity contribution in [3.8, 4) is 11.4 Å². The molecule has 4 heterocycles. The van der Waals surface area contributed by atoms with Crippen LogP contribution >= 0.6 is 11.3 Å². The number of carbonyl (C=O) groups is 1. The van der Waals surface area contributed by atoms with Crippen LogP contribution in [0.25, 0.3) is 11.4 Å². The molecule has 1 saturated heterocycles. The van der Waals surface area contributed by atoms with Gasteiger partial charge in [0.25, 0.3) is 5.91 Å². The fraction of sp³-hybridized carbons (Fsp3) is 0.412. The average Bonchev–Trinajstić information content (AvgIpc) is 3.36. The molecule has 9 heteroatoms. The van der Waals surface area contributed by atoms with Gasteiger partial charge in [0.1, 0.15) is 4.88 Å². The molecule has 0 unspecified atom stereocenters. The van der Waals surface area contributed by atoms with Gasteiger partial charge in [-0.05, 0) is 44.0 Å². The number of amides is 1. The Morgan fingerprint density at radius 2 is 2.12 bits per heavy atom. The minimum atomic E-state index is 0.0603. The zero-order chi connectivity index (χ0) is 18.1. The van der Waals surface area contributed by atoms with E-state index in [1.165, 1.54) is 11.3 Å². The summed E-state index contributed by atoms with van der Waals surface area (Å²) in [5.41, 5.74) is 1.68. The lowest BCUT2D eigenvalue weighted by Gasteiger charge is -2.23. The van der Waals surface area contributed by atoms with Gasteiger partial charge in [-0.2, -0.15) is 4.80 Å². The summed E-state index contributed by atoms with van der Waals surface area (Å²) in [6.45, 7) is 5.12. The number of hydrogen-bond acceptors (Lipinski definition) is 7. The van der Waals surface area contributed by atoms with E-state index in [2.05, 4.69) is 25.4 Å². The van der Waals surface area contributed by atoms with Gasteiger partial charge in [-0.3, -0.25) is 9.78 Å². The van der Waals surface area contributed by atoms with E-state index in [0.717, 1.165) is 40.5 Å². The van der Waals surface area contributed by atoms with Gasteiger partial charge in [0.15, 0.2) is 0 Å². The molecule has 134 valence electrons. The van der Waals surface area contributed by atoms with Crippen molar-refractivity contribution in [1.82, 2.24) is 35.1 Å². The first-order valence-electron chi connectivity index (χ1n) is 8.55. The van der Waals surface area contributed by atoms with Crippen LogP contribution in [-0.2, 0) is 6.54 Å². The predicted molar refractivity (Wildman–Crippen MR) is 96.7 cm³/mol. The highest BCUT2D eigenvalue weighted by Gasteiger charge is 2.32. The molecule has 26 heavy (non-hydrogen) atoms. The first kappa shape index (κ1) is 16.8. The molecular formula is C17H19N7OS. The molecule has 0 aromatic carbocycles. The van der Waals surface area contributed by atoms with Crippen molar-refractivity contribution in [2.24, 2.45) is 0 Å². The van der Waals surface area contributed by atoms with Crippen LogP contribution in [0.4, 0.5) is 0 Å². The number of hydrogen-bond donors (Lipinski definition) is 0. The fourth-order valence-electron chi connectivity index (χ4n) is 3.28. The molecule has 1 aliphatic rings. The van der Waals surface area contributed by atoms with E-state index in [1.54, 1.807) is 17.2 Å². The zero-order valence-electron chi connectivity index (χ0n) is 14.7. The first-order chi connectivity index (χ1) is 12.6. The minimum absolute atomic E-state index is 0.0603. The Labute approximate surface area is 154 Å². The van der Waals surface area contributed by atoms with E-state index in [4.69, 9.17) is 0 Å². The zero-order valence-corrected chi connectivity index (χ0v) is 15.5. The van der Waals surface area contributed by atoms with Crippen LogP contribution in [0.15, 0.2) is 24.5 Å². The Kier molecular flexibility index (Phi) is 4.46. The van der Waals surface area contributed by atoms with Crippen molar-refractivity contribution in [3.05, 3.63) is 40.1 Å². The third-order valence-corrected chi connectivity index (χ3v) is 5.56. The van der Waals surface area contributed by atoms with E-state index in [0.29, 0.717) is 12.4 Å². The molecule has 1 aliphatic heterocycles. The number of rotatable bonds is 4. The lowest BCUT2D eigenvalue weighted by atomic mass is 10.2. The summed E-state index contributed by atoms with van der Waals surface area (Å²) in [6, 6.07) is 3.77. The number of pyridine rings is 1. The number of thiazole rings is 1. The lowest BCUT2D eigenvalue weighted by molar-refractivity contribution is 0.0722. The van der Waals surface area contributed by atoms with Crippen LogP contribution in [0.1, 0.15) is 33.2 Å². The summed E-state index contributed by atoms with van der Waals surface area (Å²) in [6.07, 6.45) is 5.33. The molecule has 0 spiro atoms. The summed E-state index contributed by atoms with van der Waals surface area (Å²) in [5.74, 6) is 0.627. The third-order valence-electron chi connectivity index (χ3n) is 4.50. The Bertz CT molecular complexity index is 920. The molecule has 1 atom stereocenters. The van der Waals surface area contributed by atoms with Crippen LogP contribution < -0.4 is 0 Å². The highest BCUT2D eigenvalue weighted by molar-refractivity contribution is 7.13. The van der Waals surface area contributed by atoms with Crippen LogP contribution in [-0.4, -0.2) is 53.6 Å². The largest absolute Gasteiger partial charge is 0.333 e. The SMILES string of the molecule is Cc1nc(C)c(C(=O)N2CCC[C@@H]2Cn2nnc(-c3ccncc3)n2)s1. The second-order valence-corrected chi connectivity index (χ2v) is 7.55. The number of aryl methyl sites for hydroxylation is 2. The molecule has 0 aliphatic carbocycles. The second kappa shape index (κ2) is 6.91. The lowest BCUT2D eigenvalue weighted by Crippen LogP contribution is -2.38. The first-order valence-corrected chi connectivity index (χ1v) is 9.36. The fourth-order valence-corrected chi connectivity index (χ4v) is 4.15. The van der Waals surface area contributed by atoms with Crippen molar-refractivity contribution in [2.45, 2.75) is 39.3 Å². The Morgan fingerprint density at radius 1 is 1.31 bits per heavy atom. The quantitative estimate of drug-likeness (QED) is 0.700. The van der Waals surface area contributed by atoms with Crippen LogP contribution in [0.5, 0.6) is 0 Å². The number of nitrogens with zero attached hydrogens (tertiary/aromatic N) is 7. The van der Waals surface area contributed by atoms with Crippen LogP contribution in [0.2, 0.25) is 0 Å². The Morgan fingerprint density at radius 3 is 2.85 bits per heavy atom. The minimum Gasteiger partial charge on any atom is -0.333 e. The third kappa shape index (κ3) is 3.22. The molecule has 0 bridgehead atoms. The molecular weight excluding hydrogens is 350 g/mol. The second-order valence-electron chi connectivity index (χ2n) is 6.35. The van der Waals surface area contributed by atoms with Gasteiger partial charge < -0.3 is 4.90 Å². The van der Waals surface area contributed by atoms with Gasteiger partial charge in [-0.15, -0.1) is 21.5 Å². The molecule has 3 aromatic heterocycles. The highest BCUT2D eigenvalue weighted by atomic mass is 32.1. The number of carbonyl (C=O) groups excluding carboxylic acids is 1. The monoisotopic (exact) mass is 369 g/mol. The smallest absolute Gasteiger partial charge is 0.266 e. The molecule has 0 N–H and O–H groups in total. The number of tetrazole rings is 1. The molecule has 4 rings (SSSR count). The molecule has 1 fully saturated rings. The Hall–Kier alpha value is -2.68. The summed E-state index contributed by atoms with van der Waals surface area (Å²) >= 11 is 1.46. The van der Waals surface area contributed by atoms with E-state index >= 15 is 0 Å². The van der Waals surface area contributed by atoms with Gasteiger partial charge in [0, 0.05) is 24.5 Å². The van der Waals surface area contributed by atoms with Gasteiger partial charge in [-0.25, -0.2) is 4.98 Å². The van der Waals surface area contributed by atoms with Gasteiger partial charge in [0.2, 0.25) is 5.82 Å². The van der Waals surface area contributed by atoms with Gasteiger partial charge in [0.05, 0.1) is 23.3 Å². The van der Waals surface area contributed by atoms with Crippen molar-refractivity contribution < 1.29 is 4.79 Å². The average molecular weight is 369 g/mol. The number of likely N-dealkylation sites (tertiary alicyclic amines) is 1. The maximum atomic E-state index is 12.9. The molecule has 0 saturated carbocycles. The van der Waals surface area contributed by atoms with Crippen molar-refractivity contribution in [1.29, 1.82) is 0 Å². The predicted octanol–water partition coefficient (Wildman–Crippen LogP) is 2.11. The molecule has 1 amide bonds. The van der Waals surface area contributed by atoms with Gasteiger partial charge >= 0.3 is 0 Å². The normalized spacial score (nSPS) is 17.0. The summed E-state index contributed by atoms with van der Waals surface area (Å²) in [5, 5.41) is 13.6. The highest BCUT2D eigenvalue weighted by Crippen LogP contribution is 2.25. The maximum absolute atomic E-state index is 12.9. The van der Waals surface area contributed by atoms with Crippen LogP contribution in [0.3, 0.4) is 0 Å². The summed E-state index contributed by atoms with van der Waals surface area (Å²) < 4.78 is 0. The summed E-state index contributed by atoms with van der Waals surface area (Å²) in [4.78, 5) is 25.5. The molecule has 8 nitrogen and oxygen atoms in total. The topological polar surface area (TPSA) is 89.7 Å². The van der Waals surface area contributed by atoms with Crippen molar-refractivity contribution in [3.63, 3.8) is 0 Å². The van der Waals surface area contributed by atoms with E-state index in [1.807, 2.05) is 30.9 Å². The van der Waals surface area contributed by atoms with E-state index < -0.39 is 0 Å². The van der Waals surface area contributed by atoms with Crippen molar-refractivity contribution in [2.75, 3.05) is 6.54 Å². The van der Waals surface area contributed by atoms with Crippen molar-refractivity contribution >= 4 is 17.2 Å². The Balaban J connectivity index is 1.50. The number of aromatic nitrogens is 6. The van der Waals surface area contributed by atoms with Crippen LogP contribution in [0, 0.1) is 13.8 Å². The van der Waals surface area contributed by atoms with Gasteiger partial charge in [-0.1, -0.05) is 0 Å². The van der Waals surface area contributed by atoms with E-state index in [-0.39, 0.29) is 11.9 Å². The van der Waals surface area contributed by atoms with E-state index in [9.17, 15) is 4.79 Å². The maximum Gasteiger partial charge on any atom is 0.266 e. The molecule has 3 aromatic rings.